The molecular weight excluding hydrogens is 180 g/mol. The Morgan fingerprint density at radius 3 is 2.57 bits per heavy atom. The van der Waals surface area contributed by atoms with Crippen LogP contribution in [0.5, 0.6) is 5.75 Å². The summed E-state index contributed by atoms with van der Waals surface area (Å²) in [4.78, 5) is 12.6. The van der Waals surface area contributed by atoms with E-state index in [1.807, 2.05) is 6.92 Å². The zero-order chi connectivity index (χ0) is 10.7. The molecule has 0 fully saturated rings. The Balaban J connectivity index is 2.82. The van der Waals surface area contributed by atoms with E-state index >= 15 is 0 Å². The van der Waals surface area contributed by atoms with Gasteiger partial charge in [0.1, 0.15) is 5.75 Å². The number of hydrogen-bond acceptors (Lipinski definition) is 3. The molecule has 0 radical (unpaired) electrons. The summed E-state index contributed by atoms with van der Waals surface area (Å²) in [5, 5.41) is 0. The van der Waals surface area contributed by atoms with Crippen LogP contribution in [-0.2, 0) is 0 Å². The van der Waals surface area contributed by atoms with Crippen molar-refractivity contribution in [1.29, 1.82) is 0 Å². The lowest BCUT2D eigenvalue weighted by atomic mass is 10.2. The summed E-state index contributed by atoms with van der Waals surface area (Å²) < 4.78 is 5.09. The summed E-state index contributed by atoms with van der Waals surface area (Å²) in [6.07, 6.45) is -0.391. The van der Waals surface area contributed by atoms with E-state index in [0.717, 1.165) is 5.56 Å². The van der Waals surface area contributed by atoms with E-state index in [1.165, 1.54) is 4.90 Å². The van der Waals surface area contributed by atoms with Gasteiger partial charge in [0.15, 0.2) is 0 Å². The van der Waals surface area contributed by atoms with Gasteiger partial charge in [-0.3, -0.25) is 0 Å². The van der Waals surface area contributed by atoms with Crippen LogP contribution in [0.4, 0.5) is 10.5 Å². The fourth-order valence-corrected chi connectivity index (χ4v) is 0.972. The first-order chi connectivity index (χ1) is 6.50. The standard InChI is InChI=1S/C10H14N2O2/c1-7-6-8(11)4-5-9(7)14-10(13)12(2)3/h4-6H,11H2,1-3H3. The van der Waals surface area contributed by atoms with Crippen molar-refractivity contribution in [3.05, 3.63) is 23.8 Å². The smallest absolute Gasteiger partial charge is 0.410 e. The van der Waals surface area contributed by atoms with E-state index in [0.29, 0.717) is 11.4 Å². The molecule has 14 heavy (non-hydrogen) atoms. The van der Waals surface area contributed by atoms with Crippen LogP contribution >= 0.6 is 0 Å². The third-order valence-corrected chi connectivity index (χ3v) is 1.76. The van der Waals surface area contributed by atoms with E-state index < -0.39 is 6.09 Å². The molecule has 2 N–H and O–H groups in total. The summed E-state index contributed by atoms with van der Waals surface area (Å²) in [7, 11) is 3.27. The molecule has 1 amide bonds. The number of rotatable bonds is 1. The molecule has 0 saturated carbocycles. The number of aryl methyl sites for hydroxylation is 1. The molecule has 1 rings (SSSR count). The summed E-state index contributed by atoms with van der Waals surface area (Å²) >= 11 is 0. The SMILES string of the molecule is Cc1cc(N)ccc1OC(=O)N(C)C. The number of hydrogen-bond donors (Lipinski definition) is 1. The maximum atomic E-state index is 11.2. The quantitative estimate of drug-likeness (QED) is 0.691. The van der Waals surface area contributed by atoms with Crippen LogP contribution in [0.15, 0.2) is 18.2 Å². The zero-order valence-electron chi connectivity index (χ0n) is 8.57. The van der Waals surface area contributed by atoms with Crippen molar-refractivity contribution in [2.24, 2.45) is 0 Å². The first kappa shape index (κ1) is 10.4. The van der Waals surface area contributed by atoms with Gasteiger partial charge in [-0.2, -0.15) is 0 Å². The highest BCUT2D eigenvalue weighted by Gasteiger charge is 2.08. The molecule has 76 valence electrons. The van der Waals surface area contributed by atoms with Gasteiger partial charge in [-0.1, -0.05) is 0 Å². The minimum absolute atomic E-state index is 0.391. The summed E-state index contributed by atoms with van der Waals surface area (Å²) in [6, 6.07) is 5.15. The first-order valence-corrected chi connectivity index (χ1v) is 4.26. The monoisotopic (exact) mass is 194 g/mol. The molecule has 0 aromatic heterocycles. The van der Waals surface area contributed by atoms with Gasteiger partial charge in [-0.15, -0.1) is 0 Å². The van der Waals surface area contributed by atoms with Crippen LogP contribution < -0.4 is 10.5 Å². The van der Waals surface area contributed by atoms with Gasteiger partial charge in [0.2, 0.25) is 0 Å². The van der Waals surface area contributed by atoms with Gasteiger partial charge in [0.25, 0.3) is 0 Å². The van der Waals surface area contributed by atoms with E-state index in [9.17, 15) is 4.79 Å². The molecular formula is C10H14N2O2. The molecule has 0 aliphatic rings. The second-order valence-corrected chi connectivity index (χ2v) is 3.29. The predicted octanol–water partition coefficient (Wildman–Crippen LogP) is 1.64. The topological polar surface area (TPSA) is 55.6 Å². The second kappa shape index (κ2) is 4.00. The van der Waals surface area contributed by atoms with Crippen molar-refractivity contribution >= 4 is 11.8 Å². The van der Waals surface area contributed by atoms with Gasteiger partial charge in [0.05, 0.1) is 0 Å². The first-order valence-electron chi connectivity index (χ1n) is 4.26. The van der Waals surface area contributed by atoms with Crippen LogP contribution in [-0.4, -0.2) is 25.1 Å². The van der Waals surface area contributed by atoms with Gasteiger partial charge >= 0.3 is 6.09 Å². The molecule has 0 aliphatic carbocycles. The van der Waals surface area contributed by atoms with E-state index in [-0.39, 0.29) is 0 Å². The minimum Gasteiger partial charge on any atom is -0.410 e. The Labute approximate surface area is 83.3 Å². The van der Waals surface area contributed by atoms with Crippen molar-refractivity contribution in [2.45, 2.75) is 6.92 Å². The lowest BCUT2D eigenvalue weighted by Gasteiger charge is -2.12. The third kappa shape index (κ3) is 2.39. The largest absolute Gasteiger partial charge is 0.414 e. The molecule has 4 heteroatoms. The van der Waals surface area contributed by atoms with Crippen molar-refractivity contribution in [3.8, 4) is 5.75 Å². The van der Waals surface area contributed by atoms with Gasteiger partial charge < -0.3 is 15.4 Å². The van der Waals surface area contributed by atoms with Crippen LogP contribution in [0.1, 0.15) is 5.56 Å². The second-order valence-electron chi connectivity index (χ2n) is 3.29. The number of nitrogen functional groups attached to an aromatic ring is 1. The van der Waals surface area contributed by atoms with Crippen molar-refractivity contribution in [3.63, 3.8) is 0 Å². The summed E-state index contributed by atoms with van der Waals surface area (Å²) in [5.41, 5.74) is 7.07. The lowest BCUT2D eigenvalue weighted by Crippen LogP contribution is -2.25. The third-order valence-electron chi connectivity index (χ3n) is 1.76. The van der Waals surface area contributed by atoms with E-state index in [2.05, 4.69) is 0 Å². The Kier molecular flexibility index (Phi) is 2.96. The Hall–Kier alpha value is -1.71. The number of nitrogens with zero attached hydrogens (tertiary/aromatic N) is 1. The number of nitrogens with two attached hydrogens (primary N) is 1. The fraction of sp³-hybridized carbons (Fsp3) is 0.300. The highest BCUT2D eigenvalue weighted by atomic mass is 16.6. The van der Waals surface area contributed by atoms with Crippen LogP contribution in [0, 0.1) is 6.92 Å². The molecule has 0 atom stereocenters. The molecule has 0 unspecified atom stereocenters. The maximum absolute atomic E-state index is 11.2. The van der Waals surface area contributed by atoms with Gasteiger partial charge in [-0.05, 0) is 30.7 Å². The van der Waals surface area contributed by atoms with Crippen LogP contribution in [0.25, 0.3) is 0 Å². The zero-order valence-corrected chi connectivity index (χ0v) is 8.57. The molecule has 0 bridgehead atoms. The van der Waals surface area contributed by atoms with Crippen molar-refractivity contribution in [2.75, 3.05) is 19.8 Å². The number of carbonyl (C=O) groups excluding carboxylic acids is 1. The average molecular weight is 194 g/mol. The molecule has 1 aromatic carbocycles. The van der Waals surface area contributed by atoms with Crippen molar-refractivity contribution in [1.82, 2.24) is 4.90 Å². The normalized spacial score (nSPS) is 9.64. The predicted molar refractivity (Wildman–Crippen MR) is 55.3 cm³/mol. The molecule has 4 nitrogen and oxygen atoms in total. The molecule has 0 saturated heterocycles. The number of amides is 1. The van der Waals surface area contributed by atoms with Crippen LogP contribution in [0.3, 0.4) is 0 Å². The Morgan fingerprint density at radius 1 is 1.43 bits per heavy atom. The van der Waals surface area contributed by atoms with E-state index in [1.54, 1.807) is 32.3 Å². The average Bonchev–Trinajstić information content (AvgIpc) is 2.09. The molecule has 0 heterocycles. The maximum Gasteiger partial charge on any atom is 0.414 e. The molecule has 0 spiro atoms. The highest BCUT2D eigenvalue weighted by Crippen LogP contribution is 2.20. The number of anilines is 1. The highest BCUT2D eigenvalue weighted by molar-refractivity contribution is 5.70. The van der Waals surface area contributed by atoms with Gasteiger partial charge in [0, 0.05) is 19.8 Å². The number of ether oxygens (including phenoxy) is 1. The Morgan fingerprint density at radius 2 is 2.07 bits per heavy atom. The van der Waals surface area contributed by atoms with E-state index in [4.69, 9.17) is 10.5 Å². The van der Waals surface area contributed by atoms with Gasteiger partial charge in [-0.25, -0.2) is 4.79 Å². The number of carbonyl (C=O) groups is 1. The minimum atomic E-state index is -0.391. The van der Waals surface area contributed by atoms with Crippen molar-refractivity contribution < 1.29 is 9.53 Å². The fourth-order valence-electron chi connectivity index (χ4n) is 0.972. The number of benzene rings is 1. The lowest BCUT2D eigenvalue weighted by molar-refractivity contribution is 0.171. The van der Waals surface area contributed by atoms with Crippen LogP contribution in [0.2, 0.25) is 0 Å². The summed E-state index contributed by atoms with van der Waals surface area (Å²) in [6.45, 7) is 1.84. The summed E-state index contributed by atoms with van der Waals surface area (Å²) in [5.74, 6) is 0.540. The Bertz CT molecular complexity index is 348. The molecule has 1 aromatic rings. The molecule has 0 aliphatic heterocycles.